The van der Waals surface area contributed by atoms with Gasteiger partial charge in [0, 0.05) is 17.4 Å². The van der Waals surface area contributed by atoms with E-state index in [2.05, 4.69) is 25.6 Å². The highest BCUT2D eigenvalue weighted by Crippen LogP contribution is 2.31. The van der Waals surface area contributed by atoms with E-state index in [1.165, 1.54) is 42.7 Å². The van der Waals surface area contributed by atoms with Crippen molar-refractivity contribution in [1.29, 1.82) is 0 Å². The van der Waals surface area contributed by atoms with E-state index in [4.69, 9.17) is 4.74 Å². The molecule has 0 aliphatic rings. The van der Waals surface area contributed by atoms with Crippen LogP contribution in [0.2, 0.25) is 0 Å². The van der Waals surface area contributed by atoms with Crippen molar-refractivity contribution in [1.82, 2.24) is 15.0 Å². The van der Waals surface area contributed by atoms with E-state index in [9.17, 15) is 13.6 Å². The van der Waals surface area contributed by atoms with Crippen molar-refractivity contribution in [2.75, 3.05) is 10.6 Å². The summed E-state index contributed by atoms with van der Waals surface area (Å²) in [5.41, 5.74) is 2.73. The first kappa shape index (κ1) is 21.1. The summed E-state index contributed by atoms with van der Waals surface area (Å²) in [4.78, 5) is 23.8. The van der Waals surface area contributed by atoms with Gasteiger partial charge in [-0.1, -0.05) is 30.3 Å². The van der Waals surface area contributed by atoms with E-state index in [-0.39, 0.29) is 17.3 Å². The number of carbonyl (C=O) groups excluding carboxylic acids is 1. The van der Waals surface area contributed by atoms with E-state index >= 15 is 0 Å². The van der Waals surface area contributed by atoms with Crippen molar-refractivity contribution >= 4 is 28.4 Å². The second-order valence-corrected chi connectivity index (χ2v) is 7.32. The Morgan fingerprint density at radius 3 is 2.44 bits per heavy atom. The Morgan fingerprint density at radius 2 is 1.68 bits per heavy atom. The molecule has 2 amide bonds. The van der Waals surface area contributed by atoms with Crippen LogP contribution in [0.3, 0.4) is 0 Å². The van der Waals surface area contributed by atoms with Gasteiger partial charge in [-0.05, 0) is 48.0 Å². The number of nitrogens with one attached hydrogen (secondary N) is 3. The van der Waals surface area contributed by atoms with Crippen LogP contribution in [-0.4, -0.2) is 21.0 Å². The van der Waals surface area contributed by atoms with Gasteiger partial charge < -0.3 is 20.4 Å². The molecular weight excluding hydrogens is 440 g/mol. The zero-order valence-corrected chi connectivity index (χ0v) is 17.5. The van der Waals surface area contributed by atoms with Gasteiger partial charge in [0.25, 0.3) is 0 Å². The fraction of sp³-hybridized carbons (Fsp3) is 0. The van der Waals surface area contributed by atoms with Gasteiger partial charge in [-0.15, -0.1) is 0 Å². The third kappa shape index (κ3) is 4.53. The smallest absolute Gasteiger partial charge is 0.323 e. The van der Waals surface area contributed by atoms with Crippen LogP contribution in [0.4, 0.5) is 25.0 Å². The lowest BCUT2D eigenvalue weighted by molar-refractivity contribution is 0.262. The molecule has 0 saturated heterocycles. The molecule has 2 heterocycles. The highest BCUT2D eigenvalue weighted by Gasteiger charge is 2.13. The monoisotopic (exact) mass is 457 g/mol. The minimum atomic E-state index is -0.698. The first-order chi connectivity index (χ1) is 16.5. The summed E-state index contributed by atoms with van der Waals surface area (Å²) in [6, 6.07) is 20.2. The number of hydrogen-bond donors (Lipinski definition) is 3. The van der Waals surface area contributed by atoms with E-state index < -0.39 is 17.7 Å². The standard InChI is InChI=1S/C25H17F2N5O2/c26-16-6-8-17(9-7-16)30-25(33)32-21-11-10-18(12-20(21)27)34-24-19-13-22(15-4-2-1-3-5-15)31-23(19)28-14-29-24/h1-14H,(H,28,29,31)(H2,30,32,33). The zero-order chi connectivity index (χ0) is 23.5. The molecule has 0 saturated carbocycles. The number of urea groups is 1. The third-order valence-corrected chi connectivity index (χ3v) is 4.98. The Hall–Kier alpha value is -4.79. The molecule has 0 aliphatic carbocycles. The first-order valence-electron chi connectivity index (χ1n) is 10.3. The normalized spacial score (nSPS) is 10.8. The van der Waals surface area contributed by atoms with E-state index in [1.54, 1.807) is 0 Å². The molecule has 5 rings (SSSR count). The molecule has 5 aromatic rings. The minimum absolute atomic E-state index is 0.0483. The largest absolute Gasteiger partial charge is 0.438 e. The maximum Gasteiger partial charge on any atom is 0.323 e. The average molecular weight is 457 g/mol. The molecule has 0 atom stereocenters. The topological polar surface area (TPSA) is 91.9 Å². The van der Waals surface area contributed by atoms with Crippen molar-refractivity contribution in [3.8, 4) is 22.9 Å². The number of aromatic nitrogens is 3. The van der Waals surface area contributed by atoms with Crippen molar-refractivity contribution in [3.63, 3.8) is 0 Å². The maximum atomic E-state index is 14.6. The number of ether oxygens (including phenoxy) is 1. The number of rotatable bonds is 5. The van der Waals surface area contributed by atoms with Crippen molar-refractivity contribution in [3.05, 3.63) is 96.8 Å². The number of hydrogen-bond acceptors (Lipinski definition) is 4. The van der Waals surface area contributed by atoms with Crippen molar-refractivity contribution in [2.45, 2.75) is 0 Å². The molecule has 9 heteroatoms. The number of anilines is 2. The highest BCUT2D eigenvalue weighted by molar-refractivity contribution is 5.99. The molecule has 0 radical (unpaired) electrons. The number of halogens is 2. The number of amides is 2. The number of nitrogens with zero attached hydrogens (tertiary/aromatic N) is 2. The number of benzene rings is 3. The van der Waals surface area contributed by atoms with Crippen LogP contribution in [0.5, 0.6) is 11.6 Å². The zero-order valence-electron chi connectivity index (χ0n) is 17.5. The average Bonchev–Trinajstić information content (AvgIpc) is 3.29. The quantitative estimate of drug-likeness (QED) is 0.287. The van der Waals surface area contributed by atoms with E-state index in [0.717, 1.165) is 17.3 Å². The Kier molecular flexibility index (Phi) is 5.57. The van der Waals surface area contributed by atoms with Gasteiger partial charge in [0.05, 0.1) is 11.1 Å². The summed E-state index contributed by atoms with van der Waals surface area (Å²) < 4.78 is 33.4. The summed E-state index contributed by atoms with van der Waals surface area (Å²) in [5.74, 6) is -0.664. The Bertz CT molecular complexity index is 1470. The minimum Gasteiger partial charge on any atom is -0.438 e. The first-order valence-corrected chi connectivity index (χ1v) is 10.3. The van der Waals surface area contributed by atoms with Gasteiger partial charge in [-0.25, -0.2) is 23.5 Å². The fourth-order valence-corrected chi connectivity index (χ4v) is 3.36. The molecule has 0 aliphatic heterocycles. The number of H-pyrrole nitrogens is 1. The molecule has 0 fully saturated rings. The molecule has 168 valence electrons. The van der Waals surface area contributed by atoms with Crippen LogP contribution in [0, 0.1) is 11.6 Å². The fourth-order valence-electron chi connectivity index (χ4n) is 3.36. The second kappa shape index (κ2) is 8.99. The van der Waals surface area contributed by atoms with Gasteiger partial charge in [0.2, 0.25) is 5.88 Å². The van der Waals surface area contributed by atoms with Crippen LogP contribution in [0.15, 0.2) is 85.2 Å². The van der Waals surface area contributed by atoms with Crippen molar-refractivity contribution < 1.29 is 18.3 Å². The molecule has 2 aromatic heterocycles. The van der Waals surface area contributed by atoms with Gasteiger partial charge >= 0.3 is 6.03 Å². The Labute approximate surface area is 192 Å². The summed E-state index contributed by atoms with van der Waals surface area (Å²) >= 11 is 0. The summed E-state index contributed by atoms with van der Waals surface area (Å²) in [7, 11) is 0. The predicted molar refractivity (Wildman–Crippen MR) is 125 cm³/mol. The summed E-state index contributed by atoms with van der Waals surface area (Å²) in [6.07, 6.45) is 1.36. The summed E-state index contributed by atoms with van der Waals surface area (Å²) in [5, 5.41) is 5.55. The molecule has 0 unspecified atom stereocenters. The van der Waals surface area contributed by atoms with Gasteiger partial charge in [-0.2, -0.15) is 0 Å². The van der Waals surface area contributed by atoms with Gasteiger partial charge in [0.1, 0.15) is 29.4 Å². The van der Waals surface area contributed by atoms with Crippen LogP contribution >= 0.6 is 0 Å². The van der Waals surface area contributed by atoms with Gasteiger partial charge in [-0.3, -0.25) is 0 Å². The van der Waals surface area contributed by atoms with E-state index in [1.807, 2.05) is 36.4 Å². The lowest BCUT2D eigenvalue weighted by Crippen LogP contribution is -2.20. The van der Waals surface area contributed by atoms with E-state index in [0.29, 0.717) is 16.7 Å². The molecule has 7 nitrogen and oxygen atoms in total. The molecule has 3 aromatic carbocycles. The molecular formula is C25H17F2N5O2. The Morgan fingerprint density at radius 1 is 0.882 bits per heavy atom. The Balaban J connectivity index is 1.32. The molecule has 34 heavy (non-hydrogen) atoms. The number of aromatic amines is 1. The van der Waals surface area contributed by atoms with Crippen LogP contribution in [0.25, 0.3) is 22.3 Å². The summed E-state index contributed by atoms with van der Waals surface area (Å²) in [6.45, 7) is 0. The van der Waals surface area contributed by atoms with Gasteiger partial charge in [0.15, 0.2) is 0 Å². The maximum absolute atomic E-state index is 14.6. The number of carbonyl (C=O) groups is 1. The number of fused-ring (bicyclic) bond motifs is 1. The van der Waals surface area contributed by atoms with Crippen LogP contribution in [-0.2, 0) is 0 Å². The highest BCUT2D eigenvalue weighted by atomic mass is 19.1. The van der Waals surface area contributed by atoms with Crippen LogP contribution in [0.1, 0.15) is 0 Å². The third-order valence-electron chi connectivity index (χ3n) is 4.98. The molecule has 3 N–H and O–H groups in total. The van der Waals surface area contributed by atoms with Crippen molar-refractivity contribution in [2.24, 2.45) is 0 Å². The molecule has 0 spiro atoms. The predicted octanol–water partition coefficient (Wildman–Crippen LogP) is 6.34. The molecule has 0 bridgehead atoms. The van der Waals surface area contributed by atoms with Crippen LogP contribution < -0.4 is 15.4 Å². The SMILES string of the molecule is O=C(Nc1ccc(F)cc1)Nc1ccc(Oc2ncnc3[nH]c(-c4ccccc4)cc23)cc1F. The lowest BCUT2D eigenvalue weighted by Gasteiger charge is -2.10. The second-order valence-electron chi connectivity index (χ2n) is 7.32. The lowest BCUT2D eigenvalue weighted by atomic mass is 10.1.